The lowest BCUT2D eigenvalue weighted by molar-refractivity contribution is -0.113. The predicted molar refractivity (Wildman–Crippen MR) is 143 cm³/mol. The first-order chi connectivity index (χ1) is 15.9. The van der Waals surface area contributed by atoms with Gasteiger partial charge >= 0.3 is 6.03 Å². The molecule has 1 fully saturated rings. The van der Waals surface area contributed by atoms with Gasteiger partial charge in [0.25, 0.3) is 5.91 Å². The van der Waals surface area contributed by atoms with Gasteiger partial charge in [-0.2, -0.15) is 5.26 Å². The molecule has 0 aliphatic carbocycles. The van der Waals surface area contributed by atoms with Crippen LogP contribution in [0.3, 0.4) is 0 Å². The molecule has 0 saturated carbocycles. The molecule has 0 bridgehead atoms. The van der Waals surface area contributed by atoms with Crippen molar-refractivity contribution >= 4 is 80.5 Å². The summed E-state index contributed by atoms with van der Waals surface area (Å²) in [5.41, 5.74) is 2.69. The van der Waals surface area contributed by atoms with E-state index in [1.165, 1.54) is 0 Å². The van der Waals surface area contributed by atoms with Crippen LogP contribution in [-0.2, 0) is 11.4 Å². The number of nitrogens with zero attached hydrogens (tertiary/aromatic N) is 2. The van der Waals surface area contributed by atoms with Gasteiger partial charge in [-0.05, 0) is 93.2 Å². The van der Waals surface area contributed by atoms with Crippen LogP contribution in [0.25, 0.3) is 6.08 Å². The molecule has 1 aliphatic rings. The molecule has 1 aliphatic heterocycles. The molecule has 3 aromatic carbocycles. The van der Waals surface area contributed by atoms with Crippen molar-refractivity contribution in [3.63, 3.8) is 0 Å². The quantitative estimate of drug-likeness (QED) is 0.201. The first kappa shape index (κ1) is 23.5. The maximum Gasteiger partial charge on any atom is 0.333 e. The third kappa shape index (κ3) is 5.15. The number of nitriles is 1. The largest absolute Gasteiger partial charge is 0.487 e. The number of halogens is 3. The fourth-order valence-electron chi connectivity index (χ4n) is 3.26. The van der Waals surface area contributed by atoms with E-state index in [4.69, 9.17) is 16.3 Å². The molecule has 1 saturated heterocycles. The average Bonchev–Trinajstić information content (AvgIpc) is 3.06. The number of carbonyl (C=O) groups excluding carboxylic acids is 2. The van der Waals surface area contributed by atoms with E-state index in [0.717, 1.165) is 23.2 Å². The third-order valence-corrected chi connectivity index (χ3v) is 6.62. The van der Waals surface area contributed by atoms with Crippen LogP contribution < -0.4 is 15.0 Å². The van der Waals surface area contributed by atoms with Gasteiger partial charge in [-0.3, -0.25) is 4.79 Å². The Balaban J connectivity index is 1.56. The average molecular weight is 682 g/mol. The number of imide groups is 1. The highest BCUT2D eigenvalue weighted by Gasteiger charge is 2.35. The van der Waals surface area contributed by atoms with Crippen molar-refractivity contribution in [3.8, 4) is 11.8 Å². The Hall–Kier alpha value is -2.62. The summed E-state index contributed by atoms with van der Waals surface area (Å²) in [7, 11) is 0. The number of anilines is 1. The van der Waals surface area contributed by atoms with Gasteiger partial charge in [-0.15, -0.1) is 0 Å². The van der Waals surface area contributed by atoms with Gasteiger partial charge < -0.3 is 10.1 Å². The Bertz CT molecular complexity index is 1330. The SMILES string of the molecule is N#Cc1ccccc1COc1c(I)cc(/C=C2/NC(=O)N(c3cccc(Cl)c3)C2=O)cc1I. The van der Waals surface area contributed by atoms with Crippen molar-refractivity contribution in [2.45, 2.75) is 6.61 Å². The van der Waals surface area contributed by atoms with Gasteiger partial charge in [0.2, 0.25) is 0 Å². The molecular formula is C24H14ClI2N3O3. The van der Waals surface area contributed by atoms with Crippen molar-refractivity contribution in [2.24, 2.45) is 0 Å². The second-order valence-electron chi connectivity index (χ2n) is 6.98. The minimum absolute atomic E-state index is 0.170. The standard InChI is InChI=1S/C24H14ClI2N3O3/c25-17-6-3-7-18(11-17)30-23(31)21(29-24(30)32)10-14-8-19(26)22(20(27)9-14)33-13-16-5-2-1-4-15(16)12-28/h1-11H,13H2,(H,29,32)/b21-10+. The van der Waals surface area contributed by atoms with Crippen LogP contribution in [-0.4, -0.2) is 11.9 Å². The Morgan fingerprint density at radius 1 is 1.06 bits per heavy atom. The molecule has 3 aromatic rings. The number of ether oxygens (including phenoxy) is 1. The van der Waals surface area contributed by atoms with E-state index in [9.17, 15) is 14.9 Å². The lowest BCUT2D eigenvalue weighted by atomic mass is 10.1. The summed E-state index contributed by atoms with van der Waals surface area (Å²) in [5, 5.41) is 12.3. The monoisotopic (exact) mass is 681 g/mol. The van der Waals surface area contributed by atoms with E-state index in [1.54, 1.807) is 36.4 Å². The van der Waals surface area contributed by atoms with Gasteiger partial charge in [0.05, 0.1) is 24.5 Å². The molecule has 164 valence electrons. The summed E-state index contributed by atoms with van der Waals surface area (Å²) < 4.78 is 7.68. The van der Waals surface area contributed by atoms with E-state index in [0.29, 0.717) is 22.0 Å². The van der Waals surface area contributed by atoms with Gasteiger partial charge in [-0.25, -0.2) is 9.69 Å². The molecule has 0 unspecified atom stereocenters. The van der Waals surface area contributed by atoms with Crippen molar-refractivity contribution in [1.29, 1.82) is 5.26 Å². The number of nitrogens with one attached hydrogen (secondary N) is 1. The minimum Gasteiger partial charge on any atom is -0.487 e. The first-order valence-electron chi connectivity index (χ1n) is 9.60. The number of urea groups is 1. The van der Waals surface area contributed by atoms with Crippen LogP contribution in [0.15, 0.2) is 66.4 Å². The van der Waals surface area contributed by atoms with Crippen LogP contribution in [0, 0.1) is 18.5 Å². The molecule has 4 rings (SSSR count). The molecule has 3 amide bonds. The second kappa shape index (κ2) is 10.1. The molecule has 0 atom stereocenters. The van der Waals surface area contributed by atoms with Gasteiger partial charge in [0, 0.05) is 10.6 Å². The highest BCUT2D eigenvalue weighted by Crippen LogP contribution is 2.31. The van der Waals surface area contributed by atoms with Gasteiger partial charge in [0.15, 0.2) is 0 Å². The van der Waals surface area contributed by atoms with Crippen molar-refractivity contribution in [3.05, 3.63) is 95.2 Å². The number of amides is 3. The Kier molecular flexibility index (Phi) is 7.21. The molecule has 1 heterocycles. The summed E-state index contributed by atoms with van der Waals surface area (Å²) >= 11 is 10.3. The lowest BCUT2D eigenvalue weighted by Gasteiger charge is -2.13. The molecule has 33 heavy (non-hydrogen) atoms. The van der Waals surface area contributed by atoms with E-state index in [2.05, 4.69) is 56.6 Å². The smallest absolute Gasteiger partial charge is 0.333 e. The van der Waals surface area contributed by atoms with Crippen molar-refractivity contribution < 1.29 is 14.3 Å². The lowest BCUT2D eigenvalue weighted by Crippen LogP contribution is -2.30. The third-order valence-electron chi connectivity index (χ3n) is 4.79. The highest BCUT2D eigenvalue weighted by molar-refractivity contribution is 14.1. The predicted octanol–water partition coefficient (Wildman–Crippen LogP) is 6.10. The molecule has 6 nitrogen and oxygen atoms in total. The molecule has 9 heteroatoms. The fourth-order valence-corrected chi connectivity index (χ4v) is 5.57. The first-order valence-corrected chi connectivity index (χ1v) is 12.1. The number of rotatable bonds is 5. The summed E-state index contributed by atoms with van der Waals surface area (Å²) in [6.07, 6.45) is 1.63. The van der Waals surface area contributed by atoms with E-state index in [-0.39, 0.29) is 12.3 Å². The molecule has 0 radical (unpaired) electrons. The molecule has 1 N–H and O–H groups in total. The molecule has 0 aromatic heterocycles. The zero-order valence-electron chi connectivity index (χ0n) is 16.8. The Labute approximate surface area is 222 Å². The molecule has 0 spiro atoms. The van der Waals surface area contributed by atoms with Crippen molar-refractivity contribution in [2.75, 3.05) is 4.90 Å². The summed E-state index contributed by atoms with van der Waals surface area (Å²) in [6, 6.07) is 19.2. The summed E-state index contributed by atoms with van der Waals surface area (Å²) in [4.78, 5) is 26.3. The second-order valence-corrected chi connectivity index (χ2v) is 9.74. The van der Waals surface area contributed by atoms with E-state index < -0.39 is 11.9 Å². The van der Waals surface area contributed by atoms with E-state index in [1.807, 2.05) is 30.3 Å². The van der Waals surface area contributed by atoms with Crippen LogP contribution in [0.1, 0.15) is 16.7 Å². The highest BCUT2D eigenvalue weighted by atomic mass is 127. The van der Waals surface area contributed by atoms with Gasteiger partial charge in [-0.1, -0.05) is 35.9 Å². The maximum atomic E-state index is 12.9. The van der Waals surface area contributed by atoms with Crippen molar-refractivity contribution in [1.82, 2.24) is 5.32 Å². The minimum atomic E-state index is -0.533. The van der Waals surface area contributed by atoms with Crippen LogP contribution in [0.5, 0.6) is 5.75 Å². The number of benzene rings is 3. The maximum absolute atomic E-state index is 12.9. The fraction of sp³-hybridized carbons (Fsp3) is 0.0417. The van der Waals surface area contributed by atoms with Crippen LogP contribution in [0.4, 0.5) is 10.5 Å². The number of carbonyl (C=O) groups is 2. The van der Waals surface area contributed by atoms with Crippen LogP contribution in [0.2, 0.25) is 5.02 Å². The number of hydrogen-bond acceptors (Lipinski definition) is 4. The molecular weight excluding hydrogens is 668 g/mol. The topological polar surface area (TPSA) is 82.4 Å². The van der Waals surface area contributed by atoms with E-state index >= 15 is 0 Å². The Morgan fingerprint density at radius 2 is 1.79 bits per heavy atom. The normalized spacial score (nSPS) is 14.4. The zero-order chi connectivity index (χ0) is 23.5. The summed E-state index contributed by atoms with van der Waals surface area (Å²) in [5.74, 6) is 0.231. The van der Waals surface area contributed by atoms with Crippen LogP contribution >= 0.6 is 56.8 Å². The Morgan fingerprint density at radius 3 is 2.48 bits per heavy atom. The van der Waals surface area contributed by atoms with Gasteiger partial charge in [0.1, 0.15) is 18.1 Å². The number of hydrogen-bond donors (Lipinski definition) is 1. The zero-order valence-corrected chi connectivity index (χ0v) is 21.9. The summed E-state index contributed by atoms with van der Waals surface area (Å²) in [6.45, 7) is 0.263.